The molecule has 8 nitrogen and oxygen atoms in total. The number of nitrogens with zero attached hydrogens (tertiary/aromatic N) is 3. The molecule has 4 rings (SSSR count). The largest absolute Gasteiger partial charge is 0.481 e. The summed E-state index contributed by atoms with van der Waals surface area (Å²) in [4.78, 5) is 30.6. The number of nitrogens with two attached hydrogens (primary N) is 1. The van der Waals surface area contributed by atoms with E-state index in [4.69, 9.17) is 21.2 Å². The number of rotatable bonds is 8. The molecule has 2 aromatic carbocycles. The van der Waals surface area contributed by atoms with Crippen LogP contribution in [0.4, 0.5) is 5.69 Å². The molecule has 1 aromatic heterocycles. The van der Waals surface area contributed by atoms with Crippen molar-refractivity contribution in [1.82, 2.24) is 9.55 Å². The summed E-state index contributed by atoms with van der Waals surface area (Å²) in [6.45, 7) is 0. The molecule has 0 atom stereocenters. The van der Waals surface area contributed by atoms with E-state index in [0.717, 1.165) is 53.8 Å². The van der Waals surface area contributed by atoms with E-state index >= 15 is 0 Å². The first-order valence-electron chi connectivity index (χ1n) is 11.3. The van der Waals surface area contributed by atoms with Crippen LogP contribution in [0, 0.1) is 5.41 Å². The topological polar surface area (TPSA) is 125 Å². The molecule has 0 saturated heterocycles. The summed E-state index contributed by atoms with van der Waals surface area (Å²) < 4.78 is 2.05. The zero-order chi connectivity index (χ0) is 23.5. The molecular weight excluding hydrogens is 418 g/mol. The Kier molecular flexibility index (Phi) is 6.44. The van der Waals surface area contributed by atoms with Gasteiger partial charge in [-0.3, -0.25) is 15.0 Å². The molecule has 8 heteroatoms. The second kappa shape index (κ2) is 9.44. The number of aryl methyl sites for hydroxylation is 1. The van der Waals surface area contributed by atoms with Crippen LogP contribution in [0.5, 0.6) is 0 Å². The van der Waals surface area contributed by atoms with Gasteiger partial charge in [-0.25, -0.2) is 4.98 Å². The van der Waals surface area contributed by atoms with Crippen LogP contribution in [0.25, 0.3) is 11.0 Å². The number of aliphatic carboxylic acids is 1. The monoisotopic (exact) mass is 447 g/mol. The quantitative estimate of drug-likeness (QED) is 0.359. The van der Waals surface area contributed by atoms with Gasteiger partial charge in [0.15, 0.2) is 0 Å². The highest BCUT2D eigenvalue weighted by molar-refractivity contribution is 5.97. The molecule has 0 radical (unpaired) electrons. The summed E-state index contributed by atoms with van der Waals surface area (Å²) in [6, 6.07) is 13.5. The van der Waals surface area contributed by atoms with E-state index in [9.17, 15) is 9.59 Å². The number of nitrogens with one attached hydrogen (secondary N) is 1. The third-order valence-corrected chi connectivity index (χ3v) is 6.37. The maximum atomic E-state index is 13.0. The number of aromatic nitrogens is 2. The molecule has 0 aliphatic heterocycles. The summed E-state index contributed by atoms with van der Waals surface area (Å²) >= 11 is 0. The Hall–Kier alpha value is -3.68. The Morgan fingerprint density at radius 2 is 1.85 bits per heavy atom. The van der Waals surface area contributed by atoms with Crippen molar-refractivity contribution in [3.05, 3.63) is 59.4 Å². The number of fused-ring (bicyclic) bond motifs is 1. The van der Waals surface area contributed by atoms with Crippen molar-refractivity contribution in [3.63, 3.8) is 0 Å². The number of carbonyl (C=O) groups excluding carboxylic acids is 1. The van der Waals surface area contributed by atoms with Crippen LogP contribution < -0.4 is 10.6 Å². The summed E-state index contributed by atoms with van der Waals surface area (Å²) in [6.07, 6.45) is 4.47. The number of benzene rings is 2. The van der Waals surface area contributed by atoms with Crippen LogP contribution in [0.1, 0.15) is 55.5 Å². The highest BCUT2D eigenvalue weighted by Crippen LogP contribution is 2.31. The van der Waals surface area contributed by atoms with Gasteiger partial charge in [0.05, 0.1) is 17.5 Å². The maximum absolute atomic E-state index is 13.0. The van der Waals surface area contributed by atoms with Crippen molar-refractivity contribution >= 4 is 34.4 Å². The van der Waals surface area contributed by atoms with Crippen molar-refractivity contribution in [2.45, 2.75) is 51.0 Å². The van der Waals surface area contributed by atoms with Crippen LogP contribution in [-0.4, -0.2) is 38.4 Å². The molecule has 3 aromatic rings. The van der Waals surface area contributed by atoms with E-state index in [1.165, 1.54) is 0 Å². The molecule has 1 saturated carbocycles. The first-order chi connectivity index (χ1) is 15.8. The minimum Gasteiger partial charge on any atom is -0.481 e. The van der Waals surface area contributed by atoms with Gasteiger partial charge in [-0.05, 0) is 36.6 Å². The second-order valence-corrected chi connectivity index (χ2v) is 8.64. The Morgan fingerprint density at radius 3 is 2.48 bits per heavy atom. The SMILES string of the molecule is Cn1c(Cc2ccc(C(=N)N)cc2)nc2cc(N(C(=O)CCC(=O)O)C3CCCC3)ccc21. The summed E-state index contributed by atoms with van der Waals surface area (Å²) in [5.74, 6) is -0.176. The van der Waals surface area contributed by atoms with Gasteiger partial charge in [-0.1, -0.05) is 37.1 Å². The molecule has 0 spiro atoms. The van der Waals surface area contributed by atoms with Gasteiger partial charge in [0.2, 0.25) is 5.91 Å². The zero-order valence-corrected chi connectivity index (χ0v) is 18.8. The van der Waals surface area contributed by atoms with Gasteiger partial charge in [0, 0.05) is 37.2 Å². The fraction of sp³-hybridized carbons (Fsp3) is 0.360. The molecule has 1 amide bonds. The maximum Gasteiger partial charge on any atom is 0.303 e. The minimum atomic E-state index is -0.962. The van der Waals surface area contributed by atoms with Crippen molar-refractivity contribution in [3.8, 4) is 0 Å². The number of amides is 1. The van der Waals surface area contributed by atoms with Crippen molar-refractivity contribution in [2.75, 3.05) is 4.90 Å². The average Bonchev–Trinajstić information content (AvgIpc) is 3.41. The lowest BCUT2D eigenvalue weighted by Gasteiger charge is -2.29. The molecule has 1 heterocycles. The fourth-order valence-electron chi connectivity index (χ4n) is 4.59. The summed E-state index contributed by atoms with van der Waals surface area (Å²) in [7, 11) is 1.97. The van der Waals surface area contributed by atoms with Crippen molar-refractivity contribution < 1.29 is 14.7 Å². The molecule has 33 heavy (non-hydrogen) atoms. The van der Waals surface area contributed by atoms with E-state index in [1.54, 1.807) is 4.90 Å². The van der Waals surface area contributed by atoms with Gasteiger partial charge in [-0.15, -0.1) is 0 Å². The van der Waals surface area contributed by atoms with Gasteiger partial charge in [-0.2, -0.15) is 0 Å². The van der Waals surface area contributed by atoms with Gasteiger partial charge >= 0.3 is 5.97 Å². The summed E-state index contributed by atoms with van der Waals surface area (Å²) in [5.41, 5.74) is 9.85. The van der Waals surface area contributed by atoms with E-state index in [1.807, 2.05) is 54.1 Å². The van der Waals surface area contributed by atoms with Crippen LogP contribution in [0.15, 0.2) is 42.5 Å². The van der Waals surface area contributed by atoms with Gasteiger partial charge in [0.25, 0.3) is 0 Å². The normalized spacial score (nSPS) is 14.0. The first kappa shape index (κ1) is 22.5. The average molecular weight is 448 g/mol. The van der Waals surface area contributed by atoms with Crippen LogP contribution in [0.2, 0.25) is 0 Å². The van der Waals surface area contributed by atoms with Crippen LogP contribution in [0.3, 0.4) is 0 Å². The molecule has 1 aliphatic carbocycles. The summed E-state index contributed by atoms with van der Waals surface area (Å²) in [5, 5.41) is 16.6. The number of carboxylic acids is 1. The predicted octanol–water partition coefficient (Wildman–Crippen LogP) is 3.59. The third-order valence-electron chi connectivity index (χ3n) is 6.37. The number of carbonyl (C=O) groups is 2. The zero-order valence-electron chi connectivity index (χ0n) is 18.8. The number of hydrogen-bond acceptors (Lipinski definition) is 4. The first-order valence-corrected chi connectivity index (χ1v) is 11.3. The van der Waals surface area contributed by atoms with Gasteiger partial charge in [0.1, 0.15) is 11.7 Å². The Morgan fingerprint density at radius 1 is 1.15 bits per heavy atom. The molecule has 1 aliphatic rings. The Balaban J connectivity index is 1.62. The van der Waals surface area contributed by atoms with E-state index in [0.29, 0.717) is 12.0 Å². The van der Waals surface area contributed by atoms with Crippen molar-refractivity contribution in [2.24, 2.45) is 12.8 Å². The lowest BCUT2D eigenvalue weighted by molar-refractivity contribution is -0.138. The molecule has 4 N–H and O–H groups in total. The molecule has 0 unspecified atom stereocenters. The molecule has 1 fully saturated rings. The highest BCUT2D eigenvalue weighted by atomic mass is 16.4. The van der Waals surface area contributed by atoms with Gasteiger partial charge < -0.3 is 20.3 Å². The van der Waals surface area contributed by atoms with Crippen molar-refractivity contribution in [1.29, 1.82) is 5.41 Å². The van der Waals surface area contributed by atoms with E-state index in [2.05, 4.69) is 0 Å². The number of anilines is 1. The number of imidazole rings is 1. The van der Waals surface area contributed by atoms with Crippen LogP contribution >= 0.6 is 0 Å². The molecule has 172 valence electrons. The van der Waals surface area contributed by atoms with E-state index < -0.39 is 5.97 Å². The number of carboxylic acid groups (broad SMARTS) is 1. The lowest BCUT2D eigenvalue weighted by Crippen LogP contribution is -2.39. The minimum absolute atomic E-state index is 0.00635. The van der Waals surface area contributed by atoms with Crippen LogP contribution in [-0.2, 0) is 23.1 Å². The predicted molar refractivity (Wildman–Crippen MR) is 128 cm³/mol. The molecule has 0 bridgehead atoms. The number of amidine groups is 1. The van der Waals surface area contributed by atoms with E-state index in [-0.39, 0.29) is 30.6 Å². The smallest absolute Gasteiger partial charge is 0.303 e. The standard InChI is InChI=1S/C25H29N5O3/c1-29-21-11-10-19(30(18-4-2-3-5-18)23(31)12-13-24(32)33)15-20(21)28-22(29)14-16-6-8-17(9-7-16)25(26)27/h6-11,15,18H,2-5,12-14H2,1H3,(H3,26,27)(H,32,33). The molecular formula is C25H29N5O3. The second-order valence-electron chi connectivity index (χ2n) is 8.64. The number of nitrogen functional groups attached to an aromatic ring is 1. The third kappa shape index (κ3) is 4.89. The lowest BCUT2D eigenvalue weighted by atomic mass is 10.1. The Labute approximate surface area is 192 Å². The highest BCUT2D eigenvalue weighted by Gasteiger charge is 2.28. The number of hydrogen-bond donors (Lipinski definition) is 3. The Bertz CT molecular complexity index is 1190. The fourth-order valence-corrected chi connectivity index (χ4v) is 4.59.